The van der Waals surface area contributed by atoms with E-state index < -0.39 is 0 Å². The van der Waals surface area contributed by atoms with E-state index in [-0.39, 0.29) is 11.7 Å². The van der Waals surface area contributed by atoms with Crippen molar-refractivity contribution in [3.63, 3.8) is 0 Å². The summed E-state index contributed by atoms with van der Waals surface area (Å²) in [6.07, 6.45) is 4.26. The Kier molecular flexibility index (Phi) is 5.52. The van der Waals surface area contributed by atoms with Crippen LogP contribution in [0.4, 0.5) is 10.2 Å². The third kappa shape index (κ3) is 3.99. The van der Waals surface area contributed by atoms with Crippen molar-refractivity contribution in [3.8, 4) is 11.1 Å². The predicted molar refractivity (Wildman–Crippen MR) is 111 cm³/mol. The Morgan fingerprint density at radius 2 is 2.14 bits per heavy atom. The highest BCUT2D eigenvalue weighted by Gasteiger charge is 2.20. The van der Waals surface area contributed by atoms with Gasteiger partial charge in [0.25, 0.3) is 0 Å². The first-order valence-corrected chi connectivity index (χ1v) is 10.5. The van der Waals surface area contributed by atoms with Gasteiger partial charge in [0.05, 0.1) is 5.39 Å². The summed E-state index contributed by atoms with van der Waals surface area (Å²) in [6.45, 7) is 4.44. The van der Waals surface area contributed by atoms with Crippen LogP contribution >= 0.6 is 11.3 Å². The summed E-state index contributed by atoms with van der Waals surface area (Å²) in [5.74, 6) is 1.22. The minimum atomic E-state index is -0.261. The van der Waals surface area contributed by atoms with Crippen molar-refractivity contribution in [3.05, 3.63) is 41.8 Å². The molecule has 1 aliphatic rings. The number of amides is 1. The van der Waals surface area contributed by atoms with Gasteiger partial charge in [0.2, 0.25) is 5.91 Å². The maximum Gasteiger partial charge on any atom is 0.224 e. The fourth-order valence-corrected chi connectivity index (χ4v) is 4.63. The summed E-state index contributed by atoms with van der Waals surface area (Å²) in [6, 6.07) is 6.42. The van der Waals surface area contributed by atoms with Crippen LogP contribution in [0.3, 0.4) is 0 Å². The normalized spacial score (nSPS) is 17.1. The molecule has 5 nitrogen and oxygen atoms in total. The summed E-state index contributed by atoms with van der Waals surface area (Å²) < 4.78 is 13.3. The molecule has 3 heterocycles. The quantitative estimate of drug-likeness (QED) is 0.685. The lowest BCUT2D eigenvalue weighted by molar-refractivity contribution is -0.132. The standard InChI is InChI=1S/C21H23FN4OS/c1-14-3-2-10-26(11-14)18(27)8-9-23-20-19-17(12-28-21(19)25-13-24-20)15-4-6-16(22)7-5-15/h4-7,12-14H,2-3,8-11H2,1H3,(H,23,24,25). The highest BCUT2D eigenvalue weighted by atomic mass is 32.1. The summed E-state index contributed by atoms with van der Waals surface area (Å²) in [4.78, 5) is 24.1. The zero-order valence-electron chi connectivity index (χ0n) is 15.8. The first kappa shape index (κ1) is 18.8. The number of rotatable bonds is 5. The molecule has 1 saturated heterocycles. The van der Waals surface area contributed by atoms with Crippen LogP contribution in [0.2, 0.25) is 0 Å². The number of anilines is 1. The van der Waals surface area contributed by atoms with Crippen molar-refractivity contribution in [2.75, 3.05) is 25.0 Å². The number of benzene rings is 1. The maximum absolute atomic E-state index is 13.3. The lowest BCUT2D eigenvalue weighted by Gasteiger charge is -2.31. The molecule has 7 heteroatoms. The Morgan fingerprint density at radius 3 is 2.93 bits per heavy atom. The van der Waals surface area contributed by atoms with E-state index in [4.69, 9.17) is 0 Å². The van der Waals surface area contributed by atoms with Crippen molar-refractivity contribution in [1.29, 1.82) is 0 Å². The number of nitrogens with one attached hydrogen (secondary N) is 1. The van der Waals surface area contributed by atoms with Gasteiger partial charge in [-0.15, -0.1) is 11.3 Å². The Labute approximate surface area is 167 Å². The van der Waals surface area contributed by atoms with Crippen molar-refractivity contribution in [2.24, 2.45) is 5.92 Å². The summed E-state index contributed by atoms with van der Waals surface area (Å²) >= 11 is 1.53. The average Bonchev–Trinajstić information content (AvgIpc) is 3.13. The van der Waals surface area contributed by atoms with Crippen LogP contribution in [-0.2, 0) is 4.79 Å². The Bertz CT molecular complexity index is 972. The zero-order chi connectivity index (χ0) is 19.5. The molecule has 2 aromatic heterocycles. The van der Waals surface area contributed by atoms with Gasteiger partial charge in [0.1, 0.15) is 22.8 Å². The molecule has 0 bridgehead atoms. The van der Waals surface area contributed by atoms with Crippen LogP contribution in [0.5, 0.6) is 0 Å². The first-order valence-electron chi connectivity index (χ1n) is 9.61. The molecule has 0 aliphatic carbocycles. The molecule has 1 aromatic carbocycles. The number of carbonyl (C=O) groups excluding carboxylic acids is 1. The molecule has 28 heavy (non-hydrogen) atoms. The van der Waals surface area contributed by atoms with Gasteiger partial charge < -0.3 is 10.2 Å². The van der Waals surface area contributed by atoms with Crippen molar-refractivity contribution < 1.29 is 9.18 Å². The lowest BCUT2D eigenvalue weighted by atomic mass is 10.00. The van der Waals surface area contributed by atoms with Crippen molar-refractivity contribution >= 4 is 33.3 Å². The number of likely N-dealkylation sites (tertiary alicyclic amines) is 1. The Morgan fingerprint density at radius 1 is 1.32 bits per heavy atom. The van der Waals surface area contributed by atoms with Crippen molar-refractivity contribution in [2.45, 2.75) is 26.2 Å². The number of aromatic nitrogens is 2. The maximum atomic E-state index is 13.3. The Hall–Kier alpha value is -2.54. The van der Waals surface area contributed by atoms with Crippen LogP contribution in [-0.4, -0.2) is 40.4 Å². The second kappa shape index (κ2) is 8.22. The molecule has 4 rings (SSSR count). The summed E-state index contributed by atoms with van der Waals surface area (Å²) in [7, 11) is 0. The van der Waals surface area contributed by atoms with Gasteiger partial charge in [-0.25, -0.2) is 14.4 Å². The topological polar surface area (TPSA) is 58.1 Å². The van der Waals surface area contributed by atoms with Crippen LogP contribution in [0.15, 0.2) is 36.0 Å². The van der Waals surface area contributed by atoms with Gasteiger partial charge in [-0.05, 0) is 36.5 Å². The molecular formula is C21H23FN4OS. The molecule has 1 unspecified atom stereocenters. The van der Waals surface area contributed by atoms with Gasteiger partial charge in [-0.2, -0.15) is 0 Å². The predicted octanol–water partition coefficient (Wildman–Crippen LogP) is 4.56. The first-order chi connectivity index (χ1) is 13.6. The van der Waals surface area contributed by atoms with E-state index in [1.54, 1.807) is 12.1 Å². The van der Waals surface area contributed by atoms with Crippen LogP contribution in [0.25, 0.3) is 21.3 Å². The molecule has 1 aliphatic heterocycles. The second-order valence-corrected chi connectivity index (χ2v) is 8.18. The van der Waals surface area contributed by atoms with E-state index in [0.29, 0.717) is 24.7 Å². The summed E-state index contributed by atoms with van der Waals surface area (Å²) in [5, 5.41) is 6.24. The number of thiophene rings is 1. The number of nitrogens with zero attached hydrogens (tertiary/aromatic N) is 3. The van der Waals surface area contributed by atoms with Gasteiger partial charge >= 0.3 is 0 Å². The molecule has 0 saturated carbocycles. The zero-order valence-corrected chi connectivity index (χ0v) is 16.6. The van der Waals surface area contributed by atoms with E-state index >= 15 is 0 Å². The minimum Gasteiger partial charge on any atom is -0.369 e. The van der Waals surface area contributed by atoms with Crippen LogP contribution in [0, 0.1) is 11.7 Å². The molecule has 1 fully saturated rings. The molecule has 0 radical (unpaired) electrons. The fraction of sp³-hybridized carbons (Fsp3) is 0.381. The number of hydrogen-bond donors (Lipinski definition) is 1. The molecule has 1 N–H and O–H groups in total. The SMILES string of the molecule is CC1CCCN(C(=O)CCNc2ncnc3scc(-c4ccc(F)cc4)c23)C1. The second-order valence-electron chi connectivity index (χ2n) is 7.32. The van der Waals surface area contributed by atoms with Gasteiger partial charge in [0.15, 0.2) is 0 Å². The number of piperidine rings is 1. The lowest BCUT2D eigenvalue weighted by Crippen LogP contribution is -2.39. The highest BCUT2D eigenvalue weighted by molar-refractivity contribution is 7.17. The van der Waals surface area contributed by atoms with Gasteiger partial charge in [-0.3, -0.25) is 4.79 Å². The van der Waals surface area contributed by atoms with Crippen LogP contribution < -0.4 is 5.32 Å². The van der Waals surface area contributed by atoms with Gasteiger partial charge in [-0.1, -0.05) is 19.1 Å². The largest absolute Gasteiger partial charge is 0.369 e. The van der Waals surface area contributed by atoms with E-state index in [0.717, 1.165) is 40.9 Å². The Balaban J connectivity index is 1.49. The molecule has 3 aromatic rings. The third-order valence-corrected chi connectivity index (χ3v) is 6.05. The van der Waals surface area contributed by atoms with Crippen LogP contribution in [0.1, 0.15) is 26.2 Å². The fourth-order valence-electron chi connectivity index (χ4n) is 3.71. The molecule has 1 atom stereocenters. The van der Waals surface area contributed by atoms with E-state index in [1.807, 2.05) is 10.3 Å². The molecular weight excluding hydrogens is 375 g/mol. The number of carbonyl (C=O) groups is 1. The monoisotopic (exact) mass is 398 g/mol. The van der Waals surface area contributed by atoms with E-state index in [9.17, 15) is 9.18 Å². The summed E-state index contributed by atoms with van der Waals surface area (Å²) in [5.41, 5.74) is 1.89. The van der Waals surface area contributed by atoms with Crippen molar-refractivity contribution in [1.82, 2.24) is 14.9 Å². The van der Waals surface area contributed by atoms with Gasteiger partial charge in [0, 0.05) is 37.0 Å². The average molecular weight is 399 g/mol. The molecule has 146 valence electrons. The number of fused-ring (bicyclic) bond motifs is 1. The molecule has 1 amide bonds. The number of halogens is 1. The van der Waals surface area contributed by atoms with E-state index in [1.165, 1.54) is 36.2 Å². The minimum absolute atomic E-state index is 0.188. The smallest absolute Gasteiger partial charge is 0.224 e. The molecule has 0 spiro atoms. The number of hydrogen-bond acceptors (Lipinski definition) is 5. The van der Waals surface area contributed by atoms with E-state index in [2.05, 4.69) is 22.2 Å². The highest BCUT2D eigenvalue weighted by Crippen LogP contribution is 2.36. The third-order valence-electron chi connectivity index (χ3n) is 5.17.